The van der Waals surface area contributed by atoms with Crippen molar-refractivity contribution in [3.05, 3.63) is 17.9 Å². The largest absolute Gasteiger partial charge is 2.00 e. The molecule has 1 aromatic heterocycles. The SMILES string of the molecule is CCOC(=O)c1[c-]cc([Si](C)(C)C)o1.[Cl-].[Cl-].[Li+].[Mg+2]. The zero-order valence-corrected chi connectivity index (χ0v) is 15.4. The van der Waals surface area contributed by atoms with E-state index >= 15 is 0 Å². The van der Waals surface area contributed by atoms with E-state index in [0.29, 0.717) is 6.61 Å². The van der Waals surface area contributed by atoms with Gasteiger partial charge in [-0.15, -0.1) is 12.1 Å². The van der Waals surface area contributed by atoms with Crippen LogP contribution in [-0.4, -0.2) is 43.7 Å². The fourth-order valence-corrected chi connectivity index (χ4v) is 1.88. The van der Waals surface area contributed by atoms with Crippen molar-refractivity contribution in [2.24, 2.45) is 0 Å². The van der Waals surface area contributed by atoms with Crippen molar-refractivity contribution in [3.63, 3.8) is 0 Å². The van der Waals surface area contributed by atoms with E-state index < -0.39 is 14.0 Å². The molecule has 94 valence electrons. The van der Waals surface area contributed by atoms with Crippen LogP contribution in [-0.2, 0) is 4.74 Å². The first-order chi connectivity index (χ1) is 6.45. The van der Waals surface area contributed by atoms with Gasteiger partial charge in [-0.25, -0.2) is 0 Å². The maximum atomic E-state index is 11.3. The number of hydrogen-bond donors (Lipinski definition) is 0. The van der Waals surface area contributed by atoms with Crippen LogP contribution in [0.5, 0.6) is 0 Å². The Morgan fingerprint density at radius 2 is 1.89 bits per heavy atom. The van der Waals surface area contributed by atoms with Crippen LogP contribution < -0.4 is 49.1 Å². The standard InChI is InChI=1S/C10H15O3Si.2ClH.Li.Mg/c1-5-12-10(11)8-6-7-9(13-8)14(2,3)4;;;;/h7H,5H2,1-4H3;2*1H;;/q-1;;;+1;+2/p-2. The van der Waals surface area contributed by atoms with E-state index in [0.717, 1.165) is 5.38 Å². The zero-order valence-electron chi connectivity index (χ0n) is 11.5. The molecule has 0 aliphatic rings. The van der Waals surface area contributed by atoms with E-state index in [9.17, 15) is 4.79 Å². The minimum absolute atomic E-state index is 0. The van der Waals surface area contributed by atoms with Gasteiger partial charge in [0.25, 0.3) is 5.97 Å². The van der Waals surface area contributed by atoms with Crippen LogP contribution in [0, 0.1) is 6.07 Å². The second-order valence-electron chi connectivity index (χ2n) is 4.05. The van der Waals surface area contributed by atoms with Gasteiger partial charge in [0.2, 0.25) is 0 Å². The average Bonchev–Trinajstić information content (AvgIpc) is 2.51. The fourth-order valence-electron chi connectivity index (χ4n) is 0.967. The van der Waals surface area contributed by atoms with E-state index in [1.165, 1.54) is 0 Å². The number of halogens is 2. The van der Waals surface area contributed by atoms with E-state index in [1.54, 1.807) is 13.0 Å². The van der Waals surface area contributed by atoms with Gasteiger partial charge in [0.1, 0.15) is 0 Å². The molecule has 0 atom stereocenters. The second-order valence-corrected chi connectivity index (χ2v) is 9.05. The molecule has 0 aromatic carbocycles. The molecular weight excluding hydrogens is 298 g/mol. The van der Waals surface area contributed by atoms with Crippen LogP contribution in [0.15, 0.2) is 10.5 Å². The minimum atomic E-state index is -1.49. The molecule has 8 heteroatoms. The van der Waals surface area contributed by atoms with Crippen molar-refractivity contribution in [2.45, 2.75) is 26.6 Å². The van der Waals surface area contributed by atoms with Gasteiger partial charge in [-0.2, -0.15) is 0 Å². The molecule has 1 heterocycles. The second kappa shape index (κ2) is 11.7. The van der Waals surface area contributed by atoms with Crippen molar-refractivity contribution in [2.75, 3.05) is 6.61 Å². The number of esters is 1. The number of furan rings is 1. The zero-order chi connectivity index (χ0) is 10.8. The first kappa shape index (κ1) is 27.3. The molecule has 0 spiro atoms. The first-order valence-electron chi connectivity index (χ1n) is 4.64. The molecule has 0 saturated heterocycles. The number of carbonyl (C=O) groups is 1. The summed E-state index contributed by atoms with van der Waals surface area (Å²) in [5.74, 6) is -0.249. The molecule has 1 rings (SSSR count). The Hall–Kier alpha value is 0.911. The number of rotatable bonds is 3. The number of hydrogen-bond acceptors (Lipinski definition) is 3. The predicted octanol–water partition coefficient (Wildman–Crippen LogP) is -7.57. The Morgan fingerprint density at radius 3 is 2.22 bits per heavy atom. The molecule has 0 aliphatic carbocycles. The van der Waals surface area contributed by atoms with Gasteiger partial charge >= 0.3 is 41.9 Å². The Labute approximate surface area is 150 Å². The third-order valence-corrected chi connectivity index (χ3v) is 3.47. The van der Waals surface area contributed by atoms with Crippen LogP contribution in [0.3, 0.4) is 0 Å². The monoisotopic (exact) mass is 312 g/mol. The van der Waals surface area contributed by atoms with Crippen molar-refractivity contribution >= 4 is 42.5 Å². The molecule has 0 N–H and O–H groups in total. The fraction of sp³-hybridized carbons (Fsp3) is 0.500. The van der Waals surface area contributed by atoms with Crippen LogP contribution >= 0.6 is 0 Å². The molecule has 0 aliphatic heterocycles. The van der Waals surface area contributed by atoms with Gasteiger partial charge in [-0.05, 0) is 12.3 Å². The van der Waals surface area contributed by atoms with Crippen molar-refractivity contribution < 1.29 is 57.6 Å². The third-order valence-electron chi connectivity index (χ3n) is 1.75. The van der Waals surface area contributed by atoms with Crippen LogP contribution in [0.1, 0.15) is 17.5 Å². The molecule has 0 unspecified atom stereocenters. The molecule has 0 fully saturated rings. The van der Waals surface area contributed by atoms with Crippen LogP contribution in [0.4, 0.5) is 0 Å². The van der Waals surface area contributed by atoms with E-state index in [-0.39, 0.29) is 72.5 Å². The summed E-state index contributed by atoms with van der Waals surface area (Å²) < 4.78 is 10.2. The summed E-state index contributed by atoms with van der Waals surface area (Å²) >= 11 is 0. The Balaban J connectivity index is -0.000000245. The molecule has 18 heavy (non-hydrogen) atoms. The summed E-state index contributed by atoms with van der Waals surface area (Å²) in [5, 5.41) is 0.876. The van der Waals surface area contributed by atoms with Gasteiger partial charge in [0.05, 0.1) is 20.4 Å². The molecule has 0 amide bonds. The molecule has 0 saturated carbocycles. The first-order valence-corrected chi connectivity index (χ1v) is 8.14. The van der Waals surface area contributed by atoms with Crippen LogP contribution in [0.25, 0.3) is 0 Å². The molecular formula is C10H15Cl2LiMgO3Si. The van der Waals surface area contributed by atoms with E-state index in [1.807, 2.05) is 0 Å². The number of ether oxygens (including phenoxy) is 1. The van der Waals surface area contributed by atoms with Gasteiger partial charge in [-0.1, -0.05) is 19.6 Å². The maximum absolute atomic E-state index is 11.3. The van der Waals surface area contributed by atoms with Gasteiger partial charge in [-0.3, -0.25) is 0 Å². The third kappa shape index (κ3) is 8.16. The Bertz CT molecular complexity index is 342. The van der Waals surface area contributed by atoms with Gasteiger partial charge in [0, 0.05) is 0 Å². The Kier molecular flexibility index (Phi) is 17.8. The summed E-state index contributed by atoms with van der Waals surface area (Å²) in [6.45, 7) is 8.56. The smallest absolute Gasteiger partial charge is 1.00 e. The molecule has 3 nitrogen and oxygen atoms in total. The summed E-state index contributed by atoms with van der Waals surface area (Å²) in [5.41, 5.74) is 0. The van der Waals surface area contributed by atoms with Crippen LogP contribution in [0.2, 0.25) is 19.6 Å². The van der Waals surface area contributed by atoms with Crippen molar-refractivity contribution in [1.82, 2.24) is 0 Å². The summed E-state index contributed by atoms with van der Waals surface area (Å²) in [6.07, 6.45) is 0. The molecule has 1 aromatic rings. The Morgan fingerprint density at radius 1 is 1.39 bits per heavy atom. The average molecular weight is 313 g/mol. The predicted molar refractivity (Wildman–Crippen MR) is 62.2 cm³/mol. The molecule has 0 radical (unpaired) electrons. The van der Waals surface area contributed by atoms with Gasteiger partial charge < -0.3 is 38.8 Å². The number of carbonyl (C=O) groups excluding carboxylic acids is 1. The van der Waals surface area contributed by atoms with E-state index in [4.69, 9.17) is 9.15 Å². The van der Waals surface area contributed by atoms with Crippen molar-refractivity contribution in [1.29, 1.82) is 0 Å². The van der Waals surface area contributed by atoms with E-state index in [2.05, 4.69) is 25.7 Å². The minimum Gasteiger partial charge on any atom is -1.00 e. The summed E-state index contributed by atoms with van der Waals surface area (Å²) in [7, 11) is -1.49. The maximum Gasteiger partial charge on any atom is 2.00 e. The quantitative estimate of drug-likeness (QED) is 0.316. The molecule has 0 bridgehead atoms. The summed E-state index contributed by atoms with van der Waals surface area (Å²) in [6, 6.07) is 4.54. The topological polar surface area (TPSA) is 39.4 Å². The van der Waals surface area contributed by atoms with Crippen molar-refractivity contribution in [3.8, 4) is 0 Å². The summed E-state index contributed by atoms with van der Waals surface area (Å²) in [4.78, 5) is 11.3. The normalized spacial score (nSPS) is 8.89. The van der Waals surface area contributed by atoms with Gasteiger partial charge in [0.15, 0.2) is 0 Å².